The van der Waals surface area contributed by atoms with Crippen LogP contribution in [-0.4, -0.2) is 30.4 Å². The molecule has 27 heavy (non-hydrogen) atoms. The van der Waals surface area contributed by atoms with Crippen LogP contribution in [0.25, 0.3) is 0 Å². The molecular weight excluding hydrogens is 344 g/mol. The van der Waals surface area contributed by atoms with Gasteiger partial charge in [0.15, 0.2) is 6.61 Å². The molecule has 0 saturated carbocycles. The number of carbonyl (C=O) groups is 1. The molecular formula is C21H26N2O4. The average Bonchev–Trinajstić information content (AvgIpc) is 2.63. The van der Waals surface area contributed by atoms with Crippen LogP contribution in [0, 0.1) is 0 Å². The fourth-order valence-corrected chi connectivity index (χ4v) is 2.38. The number of amides is 1. The summed E-state index contributed by atoms with van der Waals surface area (Å²) in [6.45, 7) is 7.94. The van der Waals surface area contributed by atoms with E-state index >= 15 is 0 Å². The number of ether oxygens (including phenoxy) is 2. The maximum atomic E-state index is 11.9. The highest BCUT2D eigenvalue weighted by Gasteiger charge is 2.13. The van der Waals surface area contributed by atoms with Gasteiger partial charge < -0.3 is 14.6 Å². The van der Waals surface area contributed by atoms with Crippen LogP contribution < -0.4 is 14.9 Å². The standard InChI is InChI=1S/C21H26N2O4/c1-14(18-11-10-17(26-5)12-19(18)24)22-23-20(25)13-27-16-8-6-15(7-9-16)21(2,3)4/h6-12,24H,13H2,1-5H3,(H,23,25). The van der Waals surface area contributed by atoms with E-state index < -0.39 is 0 Å². The number of nitrogens with one attached hydrogen (secondary N) is 1. The molecule has 144 valence electrons. The highest BCUT2D eigenvalue weighted by Crippen LogP contribution is 2.25. The van der Waals surface area contributed by atoms with E-state index in [0.29, 0.717) is 22.8 Å². The number of phenols is 1. The monoisotopic (exact) mass is 370 g/mol. The summed E-state index contributed by atoms with van der Waals surface area (Å²) in [5, 5.41) is 14.0. The molecule has 2 aromatic carbocycles. The molecule has 0 aliphatic heterocycles. The van der Waals surface area contributed by atoms with E-state index in [0.717, 1.165) is 0 Å². The molecule has 1 amide bonds. The first-order chi connectivity index (χ1) is 12.7. The molecule has 2 N–H and O–H groups in total. The van der Waals surface area contributed by atoms with Gasteiger partial charge in [0.1, 0.15) is 17.2 Å². The molecule has 0 radical (unpaired) electrons. The molecule has 2 aromatic rings. The summed E-state index contributed by atoms with van der Waals surface area (Å²) in [6, 6.07) is 12.5. The van der Waals surface area contributed by atoms with Crippen molar-refractivity contribution in [3.8, 4) is 17.2 Å². The second-order valence-corrected chi connectivity index (χ2v) is 7.18. The fourth-order valence-electron chi connectivity index (χ4n) is 2.38. The van der Waals surface area contributed by atoms with Gasteiger partial charge in [-0.15, -0.1) is 0 Å². The third-order valence-corrected chi connectivity index (χ3v) is 4.03. The number of hydrazone groups is 1. The average molecular weight is 370 g/mol. The molecule has 0 atom stereocenters. The largest absolute Gasteiger partial charge is 0.507 e. The van der Waals surface area contributed by atoms with Crippen LogP contribution in [0.2, 0.25) is 0 Å². The molecule has 0 bridgehead atoms. The Balaban J connectivity index is 1.91. The van der Waals surface area contributed by atoms with Gasteiger partial charge in [-0.1, -0.05) is 32.9 Å². The Morgan fingerprint density at radius 3 is 2.30 bits per heavy atom. The Labute approximate surface area is 159 Å². The Morgan fingerprint density at radius 2 is 1.74 bits per heavy atom. The summed E-state index contributed by atoms with van der Waals surface area (Å²) in [5.74, 6) is 0.799. The van der Waals surface area contributed by atoms with Gasteiger partial charge in [0.2, 0.25) is 0 Å². The maximum Gasteiger partial charge on any atom is 0.277 e. The third kappa shape index (κ3) is 5.74. The second-order valence-electron chi connectivity index (χ2n) is 7.18. The van der Waals surface area contributed by atoms with E-state index in [2.05, 4.69) is 31.3 Å². The minimum atomic E-state index is -0.387. The molecule has 2 rings (SSSR count). The van der Waals surface area contributed by atoms with E-state index in [1.807, 2.05) is 24.3 Å². The number of hydrogen-bond donors (Lipinski definition) is 2. The van der Waals surface area contributed by atoms with Gasteiger partial charge in [-0.3, -0.25) is 4.79 Å². The molecule has 6 heteroatoms. The first kappa shape index (κ1) is 20.3. The number of aromatic hydroxyl groups is 1. The van der Waals surface area contributed by atoms with Gasteiger partial charge in [0, 0.05) is 11.6 Å². The van der Waals surface area contributed by atoms with E-state index in [1.165, 1.54) is 18.7 Å². The predicted octanol–water partition coefficient (Wildman–Crippen LogP) is 3.62. The number of hydrogen-bond acceptors (Lipinski definition) is 5. The molecule has 0 unspecified atom stereocenters. The topological polar surface area (TPSA) is 80.2 Å². The van der Waals surface area contributed by atoms with Gasteiger partial charge in [0.25, 0.3) is 5.91 Å². The van der Waals surface area contributed by atoms with Crippen LogP contribution in [0.3, 0.4) is 0 Å². The van der Waals surface area contributed by atoms with Crippen molar-refractivity contribution < 1.29 is 19.4 Å². The van der Waals surface area contributed by atoms with Crippen molar-refractivity contribution in [1.82, 2.24) is 5.43 Å². The quantitative estimate of drug-likeness (QED) is 0.601. The van der Waals surface area contributed by atoms with Crippen LogP contribution in [0.1, 0.15) is 38.8 Å². The molecule has 0 aromatic heterocycles. The minimum absolute atomic E-state index is 0.0278. The first-order valence-corrected chi connectivity index (χ1v) is 8.64. The van der Waals surface area contributed by atoms with Crippen LogP contribution in [0.5, 0.6) is 17.2 Å². The Bertz CT molecular complexity index is 821. The highest BCUT2D eigenvalue weighted by atomic mass is 16.5. The van der Waals surface area contributed by atoms with Crippen LogP contribution >= 0.6 is 0 Å². The Morgan fingerprint density at radius 1 is 1.11 bits per heavy atom. The van der Waals surface area contributed by atoms with E-state index in [1.54, 1.807) is 19.1 Å². The zero-order valence-electron chi connectivity index (χ0n) is 16.4. The number of phenolic OH excluding ortho intramolecular Hbond substituents is 1. The number of carbonyl (C=O) groups excluding carboxylic acids is 1. The van der Waals surface area contributed by atoms with Crippen molar-refractivity contribution in [2.24, 2.45) is 5.10 Å². The Kier molecular flexibility index (Phi) is 6.45. The van der Waals surface area contributed by atoms with Crippen molar-refractivity contribution in [1.29, 1.82) is 0 Å². The van der Waals surface area contributed by atoms with Crippen molar-refractivity contribution >= 4 is 11.6 Å². The lowest BCUT2D eigenvalue weighted by atomic mass is 9.87. The number of methoxy groups -OCH3 is 1. The third-order valence-electron chi connectivity index (χ3n) is 4.03. The molecule has 0 saturated heterocycles. The summed E-state index contributed by atoms with van der Waals surface area (Å²) in [4.78, 5) is 11.9. The smallest absolute Gasteiger partial charge is 0.277 e. The summed E-state index contributed by atoms with van der Waals surface area (Å²) >= 11 is 0. The van der Waals surface area contributed by atoms with Gasteiger partial charge in [-0.25, -0.2) is 5.43 Å². The minimum Gasteiger partial charge on any atom is -0.507 e. The second kappa shape index (κ2) is 8.58. The first-order valence-electron chi connectivity index (χ1n) is 8.64. The van der Waals surface area contributed by atoms with Gasteiger partial charge in [0.05, 0.1) is 12.8 Å². The van der Waals surface area contributed by atoms with E-state index in [9.17, 15) is 9.90 Å². The van der Waals surface area contributed by atoms with Crippen LogP contribution in [0.4, 0.5) is 0 Å². The van der Waals surface area contributed by atoms with E-state index in [-0.39, 0.29) is 23.7 Å². The fraction of sp³-hybridized carbons (Fsp3) is 0.333. The molecule has 0 fully saturated rings. The van der Waals surface area contributed by atoms with Gasteiger partial charge in [-0.05, 0) is 42.2 Å². The molecule has 0 aliphatic carbocycles. The summed E-state index contributed by atoms with van der Waals surface area (Å²) in [6.07, 6.45) is 0. The van der Waals surface area contributed by atoms with Gasteiger partial charge >= 0.3 is 0 Å². The number of benzene rings is 2. The Hall–Kier alpha value is -3.02. The van der Waals surface area contributed by atoms with Crippen molar-refractivity contribution in [3.63, 3.8) is 0 Å². The van der Waals surface area contributed by atoms with Crippen molar-refractivity contribution in [2.45, 2.75) is 33.1 Å². The zero-order chi connectivity index (χ0) is 20.0. The lowest BCUT2D eigenvalue weighted by Crippen LogP contribution is -2.25. The molecule has 0 spiro atoms. The van der Waals surface area contributed by atoms with Gasteiger partial charge in [-0.2, -0.15) is 5.10 Å². The van der Waals surface area contributed by atoms with Crippen molar-refractivity contribution in [3.05, 3.63) is 53.6 Å². The van der Waals surface area contributed by atoms with E-state index in [4.69, 9.17) is 9.47 Å². The zero-order valence-corrected chi connectivity index (χ0v) is 16.4. The summed E-state index contributed by atoms with van der Waals surface area (Å²) < 4.78 is 10.5. The summed E-state index contributed by atoms with van der Waals surface area (Å²) in [5.41, 5.74) is 4.66. The van der Waals surface area contributed by atoms with Crippen LogP contribution in [0.15, 0.2) is 47.6 Å². The summed E-state index contributed by atoms with van der Waals surface area (Å²) in [7, 11) is 1.52. The van der Waals surface area contributed by atoms with Crippen LogP contribution in [-0.2, 0) is 10.2 Å². The lowest BCUT2D eigenvalue weighted by molar-refractivity contribution is -0.123. The maximum absolute atomic E-state index is 11.9. The normalized spacial score (nSPS) is 11.8. The SMILES string of the molecule is COc1ccc(C(C)=NNC(=O)COc2ccc(C(C)(C)C)cc2)c(O)c1. The number of nitrogens with zero attached hydrogens (tertiary/aromatic N) is 1. The molecule has 0 aliphatic rings. The molecule has 6 nitrogen and oxygen atoms in total. The molecule has 0 heterocycles. The van der Waals surface area contributed by atoms with Crippen molar-refractivity contribution in [2.75, 3.05) is 13.7 Å². The number of rotatable bonds is 6. The predicted molar refractivity (Wildman–Crippen MR) is 106 cm³/mol. The lowest BCUT2D eigenvalue weighted by Gasteiger charge is -2.19. The highest BCUT2D eigenvalue weighted by molar-refractivity contribution is 6.01.